The molecule has 0 spiro atoms. The number of aromatic hydroxyl groups is 1. The summed E-state index contributed by atoms with van der Waals surface area (Å²) in [6, 6.07) is 14.5. The number of benzene rings is 4. The molecule has 0 radical (unpaired) electrons. The third-order valence-electron chi connectivity index (χ3n) is 6.18. The van der Waals surface area contributed by atoms with Gasteiger partial charge in [-0.3, -0.25) is 4.79 Å². The standard InChI is InChI=1S/C29H30N6O5S3/c1-5-10-30-43(38,39)21-8-6-19(7-9-21)32-33-22-15-25(40-4)23(11-16(22)2)34-35-28-26(42)13-18-12-20(41)14-24(31-17(3)36)27(18)29(28)37/h6-9,11-15,30,37,41-42H,5,10H2,1-4H3,(H,31,36). The number of hydrogen-bond acceptors (Lipinski definition) is 11. The summed E-state index contributed by atoms with van der Waals surface area (Å²) in [5, 5.41) is 31.9. The summed E-state index contributed by atoms with van der Waals surface area (Å²) in [6.45, 7) is 5.43. The summed E-state index contributed by atoms with van der Waals surface area (Å²) >= 11 is 8.87. The predicted octanol–water partition coefficient (Wildman–Crippen LogP) is 7.92. The second kappa shape index (κ2) is 13.5. The summed E-state index contributed by atoms with van der Waals surface area (Å²) < 4.78 is 32.6. The molecule has 4 aromatic rings. The molecule has 0 fully saturated rings. The van der Waals surface area contributed by atoms with Crippen LogP contribution in [-0.2, 0) is 14.8 Å². The highest BCUT2D eigenvalue weighted by molar-refractivity contribution is 7.89. The van der Waals surface area contributed by atoms with Crippen molar-refractivity contribution in [3.05, 3.63) is 60.2 Å². The molecule has 0 unspecified atom stereocenters. The highest BCUT2D eigenvalue weighted by Crippen LogP contribution is 2.45. The number of phenolic OH excluding ortho intramolecular Hbond substituents is 1. The summed E-state index contributed by atoms with van der Waals surface area (Å²) in [5.41, 5.74) is 2.53. The normalized spacial score (nSPS) is 12.0. The van der Waals surface area contributed by atoms with Gasteiger partial charge in [0.1, 0.15) is 17.1 Å². The number of aryl methyl sites for hydroxylation is 1. The molecule has 4 aromatic carbocycles. The minimum atomic E-state index is -3.58. The Kier molecular flexibility index (Phi) is 10.1. The molecule has 43 heavy (non-hydrogen) atoms. The number of carbonyl (C=O) groups excluding carboxylic acids is 1. The lowest BCUT2D eigenvalue weighted by molar-refractivity contribution is -0.114. The minimum Gasteiger partial charge on any atom is -0.505 e. The van der Waals surface area contributed by atoms with Crippen LogP contribution in [0, 0.1) is 6.92 Å². The van der Waals surface area contributed by atoms with E-state index >= 15 is 0 Å². The van der Waals surface area contributed by atoms with Gasteiger partial charge in [0.05, 0.1) is 29.1 Å². The number of rotatable bonds is 10. The van der Waals surface area contributed by atoms with E-state index in [1.54, 1.807) is 42.5 Å². The van der Waals surface area contributed by atoms with Gasteiger partial charge in [0.15, 0.2) is 5.75 Å². The Labute approximate surface area is 260 Å². The van der Waals surface area contributed by atoms with Gasteiger partial charge in [-0.15, -0.1) is 35.5 Å². The first-order valence-corrected chi connectivity index (χ1v) is 15.4. The van der Waals surface area contributed by atoms with Crippen molar-refractivity contribution in [2.24, 2.45) is 20.5 Å². The third kappa shape index (κ3) is 7.51. The van der Waals surface area contributed by atoms with Gasteiger partial charge in [-0.2, -0.15) is 10.2 Å². The van der Waals surface area contributed by atoms with Gasteiger partial charge < -0.3 is 15.2 Å². The Morgan fingerprint density at radius 2 is 1.67 bits per heavy atom. The molecule has 0 aromatic heterocycles. The average Bonchev–Trinajstić information content (AvgIpc) is 2.95. The molecular weight excluding hydrogens is 609 g/mol. The number of sulfonamides is 1. The number of phenols is 1. The van der Waals surface area contributed by atoms with Gasteiger partial charge in [-0.25, -0.2) is 13.1 Å². The molecule has 224 valence electrons. The summed E-state index contributed by atoms with van der Waals surface area (Å²) in [5.74, 6) is -0.157. The maximum absolute atomic E-state index is 12.3. The van der Waals surface area contributed by atoms with E-state index < -0.39 is 10.0 Å². The lowest BCUT2D eigenvalue weighted by Gasteiger charge is -2.13. The van der Waals surface area contributed by atoms with E-state index in [1.165, 1.54) is 26.2 Å². The van der Waals surface area contributed by atoms with Crippen LogP contribution in [0.5, 0.6) is 11.5 Å². The van der Waals surface area contributed by atoms with Crippen molar-refractivity contribution in [1.29, 1.82) is 0 Å². The summed E-state index contributed by atoms with van der Waals surface area (Å²) in [4.78, 5) is 12.9. The van der Waals surface area contributed by atoms with Crippen molar-refractivity contribution >= 4 is 80.4 Å². The van der Waals surface area contributed by atoms with Crippen LogP contribution in [0.1, 0.15) is 25.8 Å². The second-order valence-electron chi connectivity index (χ2n) is 9.47. The maximum Gasteiger partial charge on any atom is 0.240 e. The monoisotopic (exact) mass is 638 g/mol. The van der Waals surface area contributed by atoms with Crippen LogP contribution in [0.3, 0.4) is 0 Å². The number of thiol groups is 2. The smallest absolute Gasteiger partial charge is 0.240 e. The van der Waals surface area contributed by atoms with Crippen molar-refractivity contribution in [1.82, 2.24) is 4.72 Å². The Hall–Kier alpha value is -3.98. The number of ether oxygens (including phenoxy) is 1. The molecule has 0 bridgehead atoms. The molecule has 14 heteroatoms. The first-order chi connectivity index (χ1) is 20.4. The molecular formula is C29H30N6O5S3. The van der Waals surface area contributed by atoms with Gasteiger partial charge >= 0.3 is 0 Å². The number of anilines is 1. The quantitative estimate of drug-likeness (QED) is 0.0882. The molecule has 3 N–H and O–H groups in total. The van der Waals surface area contributed by atoms with Crippen molar-refractivity contribution < 1.29 is 23.1 Å². The number of methoxy groups -OCH3 is 1. The zero-order valence-corrected chi connectivity index (χ0v) is 26.4. The van der Waals surface area contributed by atoms with Crippen LogP contribution in [0.15, 0.2) is 89.7 Å². The van der Waals surface area contributed by atoms with E-state index in [1.807, 2.05) is 13.8 Å². The first-order valence-electron chi connectivity index (χ1n) is 13.0. The highest BCUT2D eigenvalue weighted by atomic mass is 32.2. The maximum atomic E-state index is 12.3. The fourth-order valence-electron chi connectivity index (χ4n) is 4.11. The van der Waals surface area contributed by atoms with Crippen LogP contribution in [0.25, 0.3) is 10.8 Å². The van der Waals surface area contributed by atoms with Gasteiger partial charge in [0.25, 0.3) is 0 Å². The van der Waals surface area contributed by atoms with E-state index in [-0.39, 0.29) is 22.2 Å². The van der Waals surface area contributed by atoms with Crippen LogP contribution in [-0.4, -0.2) is 33.1 Å². The first kappa shape index (κ1) is 31.9. The SMILES string of the molecule is CCCNS(=O)(=O)c1ccc(N=Nc2cc(OC)c(N=Nc3c(S)cc4cc(S)cc(NC(C)=O)c4c3O)cc2C)cc1. The number of amides is 1. The Bertz CT molecular complexity index is 1860. The highest BCUT2D eigenvalue weighted by Gasteiger charge is 2.17. The Balaban J connectivity index is 1.64. The van der Waals surface area contributed by atoms with Crippen molar-refractivity contribution in [2.75, 3.05) is 19.0 Å². The Morgan fingerprint density at radius 1 is 0.977 bits per heavy atom. The molecule has 0 saturated heterocycles. The minimum absolute atomic E-state index is 0.105. The Morgan fingerprint density at radius 3 is 2.33 bits per heavy atom. The van der Waals surface area contributed by atoms with E-state index in [0.29, 0.717) is 67.6 Å². The number of nitrogens with one attached hydrogen (secondary N) is 2. The summed E-state index contributed by atoms with van der Waals surface area (Å²) in [7, 11) is -2.10. The van der Waals surface area contributed by atoms with Crippen LogP contribution in [0.4, 0.5) is 28.4 Å². The molecule has 0 aliphatic rings. The van der Waals surface area contributed by atoms with Crippen molar-refractivity contribution in [2.45, 2.75) is 41.9 Å². The zero-order valence-electron chi connectivity index (χ0n) is 23.8. The van der Waals surface area contributed by atoms with Crippen LogP contribution >= 0.6 is 25.3 Å². The molecule has 4 rings (SSSR count). The van der Waals surface area contributed by atoms with Gasteiger partial charge in [0, 0.05) is 34.7 Å². The van der Waals surface area contributed by atoms with Crippen molar-refractivity contribution in [3.63, 3.8) is 0 Å². The van der Waals surface area contributed by atoms with E-state index in [4.69, 9.17) is 4.74 Å². The average molecular weight is 639 g/mol. The fourth-order valence-corrected chi connectivity index (χ4v) is 5.80. The third-order valence-corrected chi connectivity index (χ3v) is 8.25. The fraction of sp³-hybridized carbons (Fsp3) is 0.207. The molecule has 0 heterocycles. The van der Waals surface area contributed by atoms with Crippen LogP contribution in [0.2, 0.25) is 0 Å². The van der Waals surface area contributed by atoms with Gasteiger partial charge in [0.2, 0.25) is 15.9 Å². The van der Waals surface area contributed by atoms with E-state index in [2.05, 4.69) is 55.8 Å². The lowest BCUT2D eigenvalue weighted by Crippen LogP contribution is -2.24. The number of hydrogen-bond donors (Lipinski definition) is 5. The molecule has 1 amide bonds. The van der Waals surface area contributed by atoms with Crippen molar-refractivity contribution in [3.8, 4) is 11.5 Å². The number of fused-ring (bicyclic) bond motifs is 1. The number of azo groups is 2. The molecule has 0 saturated carbocycles. The number of nitrogens with zero attached hydrogens (tertiary/aromatic N) is 4. The van der Waals surface area contributed by atoms with E-state index in [9.17, 15) is 18.3 Å². The largest absolute Gasteiger partial charge is 0.505 e. The van der Waals surface area contributed by atoms with Gasteiger partial charge in [-0.05, 0) is 72.8 Å². The van der Waals surface area contributed by atoms with E-state index in [0.717, 1.165) is 0 Å². The lowest BCUT2D eigenvalue weighted by atomic mass is 10.1. The molecule has 0 aliphatic heterocycles. The van der Waals surface area contributed by atoms with Crippen LogP contribution < -0.4 is 14.8 Å². The zero-order chi connectivity index (χ0) is 31.3. The summed E-state index contributed by atoms with van der Waals surface area (Å²) in [6.07, 6.45) is 0.689. The predicted molar refractivity (Wildman–Crippen MR) is 172 cm³/mol. The molecule has 0 atom stereocenters. The molecule has 0 aliphatic carbocycles. The van der Waals surface area contributed by atoms with Gasteiger partial charge in [-0.1, -0.05) is 6.92 Å². The molecule has 11 nitrogen and oxygen atoms in total. The second-order valence-corrected chi connectivity index (χ2v) is 12.2. The number of carbonyl (C=O) groups is 1. The topological polar surface area (TPSA) is 154 Å².